The van der Waals surface area contributed by atoms with E-state index in [4.69, 9.17) is 15.6 Å². The number of nitrogens with two attached hydrogens (primary N) is 1. The summed E-state index contributed by atoms with van der Waals surface area (Å²) in [6.07, 6.45) is 0.910. The zero-order chi connectivity index (χ0) is 27.3. The van der Waals surface area contributed by atoms with Crippen molar-refractivity contribution < 1.29 is 23.1 Å². The molecule has 1 fully saturated rings. The standard InChI is InChI=1S/C21H22N8S2.C2HF3O2/c1-13-25-18(11-19(26-13)29-8-6-23-7-9-29)28-21-24-12-15(30-21)4-2-14-3-5-16-17(10-14)31-20(22)27-16;3-2(4,5)1(6)7/h2-5,10-12,23H,6-9H2,1H3,(H2,22,27)(H,24,25,26,28);(H,6,7). The van der Waals surface area contributed by atoms with Crippen LogP contribution in [0.5, 0.6) is 0 Å². The number of aliphatic carboxylic acids is 1. The average molecular weight is 565 g/mol. The van der Waals surface area contributed by atoms with Crippen LogP contribution in [0.15, 0.2) is 30.5 Å². The van der Waals surface area contributed by atoms with Gasteiger partial charge < -0.3 is 26.4 Å². The lowest BCUT2D eigenvalue weighted by Crippen LogP contribution is -2.44. The molecule has 0 unspecified atom stereocenters. The van der Waals surface area contributed by atoms with Gasteiger partial charge in [-0.1, -0.05) is 34.8 Å². The summed E-state index contributed by atoms with van der Waals surface area (Å²) in [5.74, 6) is -0.298. The van der Waals surface area contributed by atoms with Crippen LogP contribution in [-0.4, -0.2) is 63.4 Å². The number of aryl methyl sites for hydroxylation is 1. The molecule has 0 bridgehead atoms. The molecule has 0 aliphatic carbocycles. The molecule has 1 aliphatic heterocycles. The number of aromatic nitrogens is 4. The Morgan fingerprint density at radius 3 is 2.61 bits per heavy atom. The van der Waals surface area contributed by atoms with Gasteiger partial charge in [-0.25, -0.2) is 24.7 Å². The topological polar surface area (TPSA) is 142 Å². The number of benzene rings is 1. The molecule has 0 radical (unpaired) electrons. The molecule has 0 amide bonds. The van der Waals surface area contributed by atoms with Crippen molar-refractivity contribution >= 4 is 72.9 Å². The summed E-state index contributed by atoms with van der Waals surface area (Å²) < 4.78 is 32.8. The van der Waals surface area contributed by atoms with Crippen molar-refractivity contribution in [2.75, 3.05) is 42.1 Å². The Labute approximate surface area is 223 Å². The third-order valence-corrected chi connectivity index (χ3v) is 6.86. The fraction of sp³-hybridized carbons (Fsp3) is 0.261. The quantitative estimate of drug-likeness (QED) is 0.276. The van der Waals surface area contributed by atoms with Crippen LogP contribution in [0.25, 0.3) is 22.4 Å². The zero-order valence-electron chi connectivity index (χ0n) is 20.0. The molecule has 5 rings (SSSR count). The Morgan fingerprint density at radius 1 is 1.16 bits per heavy atom. The SMILES string of the molecule is Cc1nc(Nc2ncc(C=Cc3ccc4nc(N)sc4c3)s2)cc(N2CCNCC2)n1.O=C(O)C(F)(F)F. The van der Waals surface area contributed by atoms with E-state index in [-0.39, 0.29) is 0 Å². The van der Waals surface area contributed by atoms with Gasteiger partial charge in [0.25, 0.3) is 0 Å². The number of rotatable bonds is 5. The lowest BCUT2D eigenvalue weighted by Gasteiger charge is -2.28. The van der Waals surface area contributed by atoms with Crippen molar-refractivity contribution in [2.45, 2.75) is 13.1 Å². The van der Waals surface area contributed by atoms with Gasteiger partial charge in [0.05, 0.1) is 10.2 Å². The normalized spacial score (nSPS) is 13.9. The van der Waals surface area contributed by atoms with E-state index in [1.165, 1.54) is 11.3 Å². The summed E-state index contributed by atoms with van der Waals surface area (Å²) in [4.78, 5) is 30.1. The summed E-state index contributed by atoms with van der Waals surface area (Å²) in [6, 6.07) is 8.13. The molecule has 10 nitrogen and oxygen atoms in total. The number of hydrogen-bond donors (Lipinski definition) is 4. The van der Waals surface area contributed by atoms with E-state index in [0.717, 1.165) is 69.4 Å². The fourth-order valence-electron chi connectivity index (χ4n) is 3.44. The van der Waals surface area contributed by atoms with Gasteiger partial charge in [-0.15, -0.1) is 0 Å². The highest BCUT2D eigenvalue weighted by molar-refractivity contribution is 7.22. The number of nitrogens with zero attached hydrogens (tertiary/aromatic N) is 5. The van der Waals surface area contributed by atoms with E-state index >= 15 is 0 Å². The molecule has 200 valence electrons. The second-order valence-corrected chi connectivity index (χ2v) is 10.1. The van der Waals surface area contributed by atoms with Crippen LogP contribution in [0.4, 0.5) is 35.1 Å². The van der Waals surface area contributed by atoms with Crippen molar-refractivity contribution in [3.05, 3.63) is 46.7 Å². The van der Waals surface area contributed by atoms with Gasteiger partial charge in [0, 0.05) is 43.3 Å². The molecule has 0 spiro atoms. The van der Waals surface area contributed by atoms with Crippen LogP contribution >= 0.6 is 22.7 Å². The predicted molar refractivity (Wildman–Crippen MR) is 144 cm³/mol. The number of alkyl halides is 3. The second kappa shape index (κ2) is 11.7. The summed E-state index contributed by atoms with van der Waals surface area (Å²) in [5.41, 5.74) is 7.83. The highest BCUT2D eigenvalue weighted by Crippen LogP contribution is 2.27. The highest BCUT2D eigenvalue weighted by atomic mass is 32.1. The third kappa shape index (κ3) is 7.36. The minimum atomic E-state index is -5.08. The number of carboxylic acids is 1. The monoisotopic (exact) mass is 564 g/mol. The molecule has 4 heterocycles. The van der Waals surface area contributed by atoms with Crippen LogP contribution in [0.3, 0.4) is 0 Å². The number of nitrogens with one attached hydrogen (secondary N) is 2. The molecule has 1 aromatic carbocycles. The number of carboxylic acid groups (broad SMARTS) is 1. The molecule has 4 aromatic rings. The number of carbonyl (C=O) groups is 1. The van der Waals surface area contributed by atoms with E-state index in [0.29, 0.717) is 5.13 Å². The van der Waals surface area contributed by atoms with E-state index in [2.05, 4.69) is 53.7 Å². The second-order valence-electron chi connectivity index (χ2n) is 8.00. The lowest BCUT2D eigenvalue weighted by atomic mass is 10.2. The van der Waals surface area contributed by atoms with E-state index < -0.39 is 12.1 Å². The maximum absolute atomic E-state index is 10.6. The van der Waals surface area contributed by atoms with Crippen LogP contribution in [0.1, 0.15) is 16.3 Å². The van der Waals surface area contributed by atoms with E-state index in [1.807, 2.05) is 31.3 Å². The number of anilines is 4. The van der Waals surface area contributed by atoms with E-state index in [9.17, 15) is 13.2 Å². The molecule has 0 saturated carbocycles. The molecule has 1 aliphatic rings. The maximum Gasteiger partial charge on any atom is 0.490 e. The summed E-state index contributed by atoms with van der Waals surface area (Å²) >= 11 is 3.08. The number of thiazole rings is 2. The van der Waals surface area contributed by atoms with E-state index in [1.54, 1.807) is 11.3 Å². The van der Waals surface area contributed by atoms with Gasteiger partial charge >= 0.3 is 12.1 Å². The summed E-state index contributed by atoms with van der Waals surface area (Å²) in [5, 5.41) is 15.2. The fourth-order valence-corrected chi connectivity index (χ4v) is 4.95. The minimum Gasteiger partial charge on any atom is -0.475 e. The molecule has 1 saturated heterocycles. The zero-order valence-corrected chi connectivity index (χ0v) is 21.6. The predicted octanol–water partition coefficient (Wildman–Crippen LogP) is 4.39. The highest BCUT2D eigenvalue weighted by Gasteiger charge is 2.38. The third-order valence-electron chi connectivity index (χ3n) is 5.14. The molecular weight excluding hydrogens is 541 g/mol. The smallest absolute Gasteiger partial charge is 0.475 e. The maximum atomic E-state index is 10.6. The Balaban J connectivity index is 0.000000426. The van der Waals surface area contributed by atoms with Gasteiger partial charge in [0.2, 0.25) is 0 Å². The Kier molecular flexibility index (Phi) is 8.38. The van der Waals surface area contributed by atoms with Crippen LogP contribution in [-0.2, 0) is 4.79 Å². The summed E-state index contributed by atoms with van der Waals surface area (Å²) in [6.45, 7) is 5.75. The molecule has 5 N–H and O–H groups in total. The van der Waals surface area contributed by atoms with Gasteiger partial charge in [0.15, 0.2) is 10.3 Å². The largest absolute Gasteiger partial charge is 0.490 e. The van der Waals surface area contributed by atoms with Crippen LogP contribution < -0.4 is 21.3 Å². The van der Waals surface area contributed by atoms with Gasteiger partial charge in [0.1, 0.15) is 17.5 Å². The first kappa shape index (κ1) is 27.2. The van der Waals surface area contributed by atoms with Crippen molar-refractivity contribution in [1.29, 1.82) is 0 Å². The van der Waals surface area contributed by atoms with Crippen molar-refractivity contribution in [3.63, 3.8) is 0 Å². The van der Waals surface area contributed by atoms with Crippen LogP contribution in [0, 0.1) is 6.92 Å². The van der Waals surface area contributed by atoms with Crippen molar-refractivity contribution in [1.82, 2.24) is 25.3 Å². The minimum absolute atomic E-state index is 0.592. The number of nitrogen functional groups attached to an aromatic ring is 1. The first-order valence-electron chi connectivity index (χ1n) is 11.3. The Morgan fingerprint density at radius 2 is 1.89 bits per heavy atom. The van der Waals surface area contributed by atoms with Crippen molar-refractivity contribution in [2.24, 2.45) is 0 Å². The van der Waals surface area contributed by atoms with Gasteiger partial charge in [-0.3, -0.25) is 0 Å². The Bertz CT molecular complexity index is 1450. The molecule has 15 heteroatoms. The van der Waals surface area contributed by atoms with Gasteiger partial charge in [-0.05, 0) is 30.7 Å². The molecule has 0 atom stereocenters. The number of hydrogen-bond acceptors (Lipinski definition) is 11. The van der Waals surface area contributed by atoms with Crippen LogP contribution in [0.2, 0.25) is 0 Å². The number of halogens is 3. The van der Waals surface area contributed by atoms with Gasteiger partial charge in [-0.2, -0.15) is 13.2 Å². The van der Waals surface area contributed by atoms with Crippen molar-refractivity contribution in [3.8, 4) is 0 Å². The first-order valence-corrected chi connectivity index (χ1v) is 12.9. The number of piperazine rings is 1. The first-order chi connectivity index (χ1) is 18.1. The number of fused-ring (bicyclic) bond motifs is 1. The average Bonchev–Trinajstić information content (AvgIpc) is 3.47. The molecule has 38 heavy (non-hydrogen) atoms. The molecule has 3 aromatic heterocycles. The Hall–Kier alpha value is -3.82. The molecular formula is C23H23F3N8O2S2. The summed E-state index contributed by atoms with van der Waals surface area (Å²) in [7, 11) is 0. The lowest BCUT2D eigenvalue weighted by molar-refractivity contribution is -0.192.